The van der Waals surface area contributed by atoms with Crippen LogP contribution in [0, 0.1) is 0 Å². The number of hydrogen-bond acceptors (Lipinski definition) is 0. The quantitative estimate of drug-likeness (QED) is 0.596. The Balaban J connectivity index is 3.58. The summed E-state index contributed by atoms with van der Waals surface area (Å²) >= 11 is 0.910. The summed E-state index contributed by atoms with van der Waals surface area (Å²) in [5, 5.41) is 0. The molecule has 0 nitrogen and oxygen atoms in total. The molecule has 0 radical (unpaired) electrons. The van der Waals surface area contributed by atoms with Gasteiger partial charge in [-0.25, -0.2) is 0 Å². The zero-order valence-electron chi connectivity index (χ0n) is 8.39. The van der Waals surface area contributed by atoms with Gasteiger partial charge in [-0.15, -0.1) is 0 Å². The molecule has 0 heterocycles. The van der Waals surface area contributed by atoms with Crippen LogP contribution >= 0.6 is 0 Å². The van der Waals surface area contributed by atoms with Crippen LogP contribution in [-0.2, 0) is 0 Å². The maximum absolute atomic E-state index is 2.33. The monoisotopic (exact) mass is 222 g/mol. The molecule has 0 spiro atoms. The summed E-state index contributed by atoms with van der Waals surface area (Å²) in [4.78, 5) is 2.10. The van der Waals surface area contributed by atoms with Crippen molar-refractivity contribution in [1.82, 2.24) is 0 Å². The summed E-state index contributed by atoms with van der Waals surface area (Å²) in [6, 6.07) is 0. The molecule has 0 aromatic heterocycles. The van der Waals surface area contributed by atoms with Crippen molar-refractivity contribution in [2.45, 2.75) is 63.0 Å². The van der Waals surface area contributed by atoms with Crippen LogP contribution in [0.1, 0.15) is 53.4 Å². The predicted molar refractivity (Wildman–Crippen MR) is 54.4 cm³/mol. The molecular weight excluding hydrogens is 199 g/mol. The van der Waals surface area contributed by atoms with Gasteiger partial charge in [0, 0.05) is 0 Å². The van der Waals surface area contributed by atoms with Crippen molar-refractivity contribution in [2.24, 2.45) is 0 Å². The fraction of sp³-hybridized carbons (Fsp3) is 1.00. The first-order valence-corrected chi connectivity index (χ1v) is 6.91. The summed E-state index contributed by atoms with van der Waals surface area (Å²) < 4.78 is 0. The minimum absolute atomic E-state index is 0.910. The van der Waals surface area contributed by atoms with E-state index in [-0.39, 0.29) is 0 Å². The van der Waals surface area contributed by atoms with Crippen LogP contribution in [-0.4, -0.2) is 15.0 Å². The van der Waals surface area contributed by atoms with Gasteiger partial charge in [-0.05, 0) is 0 Å². The molecule has 0 aromatic rings. The van der Waals surface area contributed by atoms with Gasteiger partial charge in [0.15, 0.2) is 0 Å². The molecule has 0 N–H and O–H groups in total. The standard InChI is InChI=1S/C10H22Se/c1-5-9(6-2)11-10(7-3)8-4/h9-10H,5-8H2,1-4H3. The normalized spacial score (nSPS) is 11.5. The SMILES string of the molecule is CCC(CC)[Se]C(CC)CC. The molecule has 0 amide bonds. The van der Waals surface area contributed by atoms with Crippen LogP contribution < -0.4 is 0 Å². The molecule has 0 aliphatic heterocycles. The van der Waals surface area contributed by atoms with Crippen LogP contribution in [0.2, 0.25) is 9.63 Å². The zero-order valence-corrected chi connectivity index (χ0v) is 10.1. The third-order valence-electron chi connectivity index (χ3n) is 2.21. The summed E-state index contributed by atoms with van der Waals surface area (Å²) in [7, 11) is 0. The Morgan fingerprint density at radius 3 is 1.18 bits per heavy atom. The fourth-order valence-electron chi connectivity index (χ4n) is 1.23. The van der Waals surface area contributed by atoms with Crippen molar-refractivity contribution in [3.63, 3.8) is 0 Å². The van der Waals surface area contributed by atoms with E-state index in [1.165, 1.54) is 25.7 Å². The van der Waals surface area contributed by atoms with Gasteiger partial charge < -0.3 is 0 Å². The van der Waals surface area contributed by atoms with Crippen molar-refractivity contribution in [3.05, 3.63) is 0 Å². The second kappa shape index (κ2) is 7.18. The van der Waals surface area contributed by atoms with E-state index in [2.05, 4.69) is 27.7 Å². The molecule has 0 bridgehead atoms. The molecule has 0 saturated carbocycles. The Morgan fingerprint density at radius 1 is 0.727 bits per heavy atom. The first-order chi connectivity index (χ1) is 5.28. The molecule has 0 rings (SSSR count). The Kier molecular flexibility index (Phi) is 7.52. The van der Waals surface area contributed by atoms with Gasteiger partial charge in [0.2, 0.25) is 0 Å². The van der Waals surface area contributed by atoms with Crippen molar-refractivity contribution < 1.29 is 0 Å². The topological polar surface area (TPSA) is 0 Å². The molecule has 0 aliphatic carbocycles. The number of hydrogen-bond donors (Lipinski definition) is 0. The average molecular weight is 221 g/mol. The average Bonchev–Trinajstić information content (AvgIpc) is 2.07. The second-order valence-electron chi connectivity index (χ2n) is 3.01. The van der Waals surface area contributed by atoms with Crippen LogP contribution in [0.4, 0.5) is 0 Å². The Hall–Kier alpha value is 0.519. The molecule has 0 aliphatic rings. The van der Waals surface area contributed by atoms with E-state index in [1.54, 1.807) is 0 Å². The molecule has 11 heavy (non-hydrogen) atoms. The number of rotatable bonds is 6. The minimum atomic E-state index is 0.910. The summed E-state index contributed by atoms with van der Waals surface area (Å²) in [5.74, 6) is 0. The molecule has 1 heteroatoms. The van der Waals surface area contributed by atoms with Gasteiger partial charge >= 0.3 is 78.0 Å². The van der Waals surface area contributed by atoms with Crippen LogP contribution in [0.15, 0.2) is 0 Å². The van der Waals surface area contributed by atoms with E-state index in [1.807, 2.05) is 0 Å². The molecule has 68 valence electrons. The Bertz CT molecular complexity index is 62.9. The zero-order chi connectivity index (χ0) is 8.69. The van der Waals surface area contributed by atoms with Gasteiger partial charge in [-0.3, -0.25) is 0 Å². The first-order valence-electron chi connectivity index (χ1n) is 4.93. The van der Waals surface area contributed by atoms with Gasteiger partial charge in [-0.2, -0.15) is 0 Å². The summed E-state index contributed by atoms with van der Waals surface area (Å²) in [6.07, 6.45) is 5.58. The van der Waals surface area contributed by atoms with Crippen LogP contribution in [0.3, 0.4) is 0 Å². The summed E-state index contributed by atoms with van der Waals surface area (Å²) in [5.41, 5.74) is 0. The van der Waals surface area contributed by atoms with Crippen LogP contribution in [0.25, 0.3) is 0 Å². The van der Waals surface area contributed by atoms with Gasteiger partial charge in [0.05, 0.1) is 0 Å². The fourth-order valence-corrected chi connectivity index (χ4v) is 3.99. The molecular formula is C10H22Se. The van der Waals surface area contributed by atoms with Gasteiger partial charge in [0.25, 0.3) is 0 Å². The molecule has 0 aromatic carbocycles. The van der Waals surface area contributed by atoms with Gasteiger partial charge in [-0.1, -0.05) is 0 Å². The van der Waals surface area contributed by atoms with Crippen molar-refractivity contribution in [1.29, 1.82) is 0 Å². The maximum atomic E-state index is 2.33. The van der Waals surface area contributed by atoms with E-state index < -0.39 is 0 Å². The molecule has 0 atom stereocenters. The van der Waals surface area contributed by atoms with Crippen LogP contribution in [0.5, 0.6) is 0 Å². The summed E-state index contributed by atoms with van der Waals surface area (Å²) in [6.45, 7) is 9.33. The predicted octanol–water partition coefficient (Wildman–Crippen LogP) is 3.91. The first kappa shape index (κ1) is 11.5. The van der Waals surface area contributed by atoms with Crippen molar-refractivity contribution >= 4 is 15.0 Å². The third-order valence-corrected chi connectivity index (χ3v) is 6.62. The Labute approximate surface area is 78.3 Å². The van der Waals surface area contributed by atoms with Crippen molar-refractivity contribution in [3.8, 4) is 0 Å². The Morgan fingerprint density at radius 2 is 1.00 bits per heavy atom. The van der Waals surface area contributed by atoms with E-state index in [4.69, 9.17) is 0 Å². The molecule has 0 unspecified atom stereocenters. The van der Waals surface area contributed by atoms with E-state index in [0.717, 1.165) is 24.6 Å². The molecule has 0 saturated heterocycles. The third kappa shape index (κ3) is 4.87. The second-order valence-corrected chi connectivity index (χ2v) is 6.38. The van der Waals surface area contributed by atoms with Crippen molar-refractivity contribution in [2.75, 3.05) is 0 Å². The van der Waals surface area contributed by atoms with E-state index in [0.29, 0.717) is 0 Å². The molecule has 0 fully saturated rings. The van der Waals surface area contributed by atoms with Gasteiger partial charge in [0.1, 0.15) is 0 Å². The van der Waals surface area contributed by atoms with E-state index in [9.17, 15) is 0 Å². The van der Waals surface area contributed by atoms with E-state index >= 15 is 0 Å².